The number of aliphatic carboxylic acids is 1. The lowest BCUT2D eigenvalue weighted by Gasteiger charge is -2.21. The second kappa shape index (κ2) is 5.55. The Balaban J connectivity index is 1.64. The summed E-state index contributed by atoms with van der Waals surface area (Å²) in [4.78, 5) is 32.3. The number of rotatable bonds is 4. The van der Waals surface area contributed by atoms with Crippen LogP contribution >= 0.6 is 0 Å². The third kappa shape index (κ3) is 2.74. The van der Waals surface area contributed by atoms with Crippen molar-refractivity contribution in [1.29, 1.82) is 0 Å². The van der Waals surface area contributed by atoms with Crippen molar-refractivity contribution in [3.8, 4) is 0 Å². The minimum Gasteiger partial charge on any atom is -0.480 e. The quantitative estimate of drug-likeness (QED) is 0.893. The van der Waals surface area contributed by atoms with E-state index in [-0.39, 0.29) is 12.3 Å². The maximum absolute atomic E-state index is 12.2. The number of aromatic amines is 1. The molecule has 1 fully saturated rings. The van der Waals surface area contributed by atoms with Crippen molar-refractivity contribution in [3.05, 3.63) is 30.1 Å². The molecule has 1 saturated heterocycles. The van der Waals surface area contributed by atoms with Gasteiger partial charge in [-0.1, -0.05) is 12.1 Å². The second-order valence-electron chi connectivity index (χ2n) is 5.28. The summed E-state index contributed by atoms with van der Waals surface area (Å²) < 4.78 is 0. The fourth-order valence-corrected chi connectivity index (χ4v) is 2.81. The third-order valence-electron chi connectivity index (χ3n) is 3.87. The Morgan fingerprint density at radius 2 is 2.19 bits per heavy atom. The second-order valence-corrected chi connectivity index (χ2v) is 5.28. The van der Waals surface area contributed by atoms with Gasteiger partial charge >= 0.3 is 5.97 Å². The highest BCUT2D eigenvalue weighted by atomic mass is 16.4. The van der Waals surface area contributed by atoms with Gasteiger partial charge in [-0.3, -0.25) is 4.79 Å². The molecule has 1 aliphatic rings. The van der Waals surface area contributed by atoms with Crippen molar-refractivity contribution in [1.82, 2.24) is 14.9 Å². The molecule has 0 unspecified atom stereocenters. The number of likely N-dealkylation sites (tertiary alicyclic amines) is 1. The van der Waals surface area contributed by atoms with Crippen molar-refractivity contribution < 1.29 is 14.7 Å². The molecule has 0 radical (unpaired) electrons. The minimum absolute atomic E-state index is 0.111. The number of nitrogens with one attached hydrogen (secondary N) is 1. The number of fused-ring (bicyclic) bond motifs is 1. The first-order valence-corrected chi connectivity index (χ1v) is 7.11. The average molecular weight is 287 g/mol. The number of carboxylic acid groups (broad SMARTS) is 1. The van der Waals surface area contributed by atoms with Gasteiger partial charge in [0.1, 0.15) is 11.9 Å². The summed E-state index contributed by atoms with van der Waals surface area (Å²) in [6, 6.07) is 7.04. The van der Waals surface area contributed by atoms with Crippen LogP contribution in [0.4, 0.5) is 0 Å². The lowest BCUT2D eigenvalue weighted by atomic mass is 10.2. The Hall–Kier alpha value is -2.37. The van der Waals surface area contributed by atoms with E-state index in [0.717, 1.165) is 23.3 Å². The van der Waals surface area contributed by atoms with Crippen LogP contribution in [0.2, 0.25) is 0 Å². The number of carbonyl (C=O) groups is 2. The van der Waals surface area contributed by atoms with Crippen LogP contribution in [0.25, 0.3) is 11.0 Å². The lowest BCUT2D eigenvalue weighted by Crippen LogP contribution is -2.40. The first-order valence-electron chi connectivity index (χ1n) is 7.11. The first-order chi connectivity index (χ1) is 10.1. The lowest BCUT2D eigenvalue weighted by molar-refractivity contribution is -0.148. The van der Waals surface area contributed by atoms with E-state index < -0.39 is 12.0 Å². The largest absolute Gasteiger partial charge is 0.480 e. The van der Waals surface area contributed by atoms with Crippen molar-refractivity contribution >= 4 is 22.9 Å². The van der Waals surface area contributed by atoms with E-state index in [2.05, 4.69) is 9.97 Å². The fraction of sp³-hybridized carbons (Fsp3) is 0.400. The van der Waals surface area contributed by atoms with Crippen molar-refractivity contribution in [3.63, 3.8) is 0 Å². The number of amides is 1. The Morgan fingerprint density at radius 1 is 1.38 bits per heavy atom. The number of hydrogen-bond donors (Lipinski definition) is 2. The SMILES string of the molecule is O=C(O)[C@@H]1CCCN1C(=O)CCc1nc2ccccc2[nH]1. The molecule has 1 amide bonds. The molecule has 0 aliphatic carbocycles. The zero-order valence-electron chi connectivity index (χ0n) is 11.6. The van der Waals surface area contributed by atoms with Crippen LogP contribution in [0.5, 0.6) is 0 Å². The van der Waals surface area contributed by atoms with Crippen LogP contribution in [-0.4, -0.2) is 44.4 Å². The standard InChI is InChI=1S/C15H17N3O3/c19-14(18-9-3-6-12(18)15(20)21)8-7-13-16-10-4-1-2-5-11(10)17-13/h1-2,4-5,12H,3,6-9H2,(H,16,17)(H,20,21)/t12-/m0/s1. The summed E-state index contributed by atoms with van der Waals surface area (Å²) in [6.45, 7) is 0.538. The van der Waals surface area contributed by atoms with Gasteiger partial charge in [0.15, 0.2) is 0 Å². The number of nitrogens with zero attached hydrogens (tertiary/aromatic N) is 2. The van der Waals surface area contributed by atoms with E-state index in [1.54, 1.807) is 0 Å². The molecule has 0 saturated carbocycles. The molecule has 21 heavy (non-hydrogen) atoms. The molecule has 1 aromatic carbocycles. The normalized spacial score (nSPS) is 18.3. The molecule has 6 heteroatoms. The number of para-hydroxylation sites is 2. The van der Waals surface area contributed by atoms with E-state index in [9.17, 15) is 9.59 Å². The molecule has 1 atom stereocenters. The smallest absolute Gasteiger partial charge is 0.326 e. The minimum atomic E-state index is -0.912. The molecule has 0 bridgehead atoms. The fourth-order valence-electron chi connectivity index (χ4n) is 2.81. The number of H-pyrrole nitrogens is 1. The molecular weight excluding hydrogens is 270 g/mol. The summed E-state index contributed by atoms with van der Waals surface area (Å²) in [5.74, 6) is -0.263. The predicted octanol–water partition coefficient (Wildman–Crippen LogP) is 1.57. The molecule has 6 nitrogen and oxygen atoms in total. The first kappa shape index (κ1) is 13.6. The Kier molecular flexibility index (Phi) is 3.60. The van der Waals surface area contributed by atoms with Crippen LogP contribution < -0.4 is 0 Å². The Labute approximate surface area is 121 Å². The van der Waals surface area contributed by atoms with Gasteiger partial charge in [-0.25, -0.2) is 9.78 Å². The average Bonchev–Trinajstić information content (AvgIpc) is 3.10. The van der Waals surface area contributed by atoms with Gasteiger partial charge in [-0.05, 0) is 25.0 Å². The van der Waals surface area contributed by atoms with E-state index in [1.807, 2.05) is 24.3 Å². The van der Waals surface area contributed by atoms with Gasteiger partial charge in [-0.15, -0.1) is 0 Å². The number of aromatic nitrogens is 2. The Morgan fingerprint density at radius 3 is 2.95 bits per heavy atom. The maximum atomic E-state index is 12.2. The molecule has 1 aromatic heterocycles. The van der Waals surface area contributed by atoms with Gasteiger partial charge < -0.3 is 15.0 Å². The molecule has 0 spiro atoms. The summed E-state index contributed by atoms with van der Waals surface area (Å²) in [7, 11) is 0. The van der Waals surface area contributed by atoms with E-state index >= 15 is 0 Å². The highest BCUT2D eigenvalue weighted by Crippen LogP contribution is 2.19. The number of aryl methyl sites for hydroxylation is 1. The summed E-state index contributed by atoms with van der Waals surface area (Å²) >= 11 is 0. The number of carbonyl (C=O) groups excluding carboxylic acids is 1. The number of benzene rings is 1. The summed E-state index contributed by atoms with van der Waals surface area (Å²) in [5, 5.41) is 9.10. The molecular formula is C15H17N3O3. The third-order valence-corrected chi connectivity index (χ3v) is 3.87. The van der Waals surface area contributed by atoms with Gasteiger partial charge in [0.25, 0.3) is 0 Å². The molecule has 1 aliphatic heterocycles. The topological polar surface area (TPSA) is 86.3 Å². The van der Waals surface area contributed by atoms with Crippen molar-refractivity contribution in [2.24, 2.45) is 0 Å². The van der Waals surface area contributed by atoms with E-state index in [4.69, 9.17) is 5.11 Å². The summed E-state index contributed by atoms with van der Waals surface area (Å²) in [5.41, 5.74) is 1.83. The van der Waals surface area contributed by atoms with Crippen LogP contribution in [0.1, 0.15) is 25.1 Å². The highest BCUT2D eigenvalue weighted by Gasteiger charge is 2.33. The van der Waals surface area contributed by atoms with Crippen LogP contribution in [-0.2, 0) is 16.0 Å². The van der Waals surface area contributed by atoms with Crippen molar-refractivity contribution in [2.45, 2.75) is 31.7 Å². The molecule has 110 valence electrons. The molecule has 2 aromatic rings. The van der Waals surface area contributed by atoms with Gasteiger partial charge in [0.2, 0.25) is 5.91 Å². The zero-order valence-corrected chi connectivity index (χ0v) is 11.6. The number of carboxylic acids is 1. The van der Waals surface area contributed by atoms with Crippen LogP contribution in [0.15, 0.2) is 24.3 Å². The number of hydrogen-bond acceptors (Lipinski definition) is 3. The van der Waals surface area contributed by atoms with Crippen molar-refractivity contribution in [2.75, 3.05) is 6.54 Å². The van der Waals surface area contributed by atoms with E-state index in [0.29, 0.717) is 19.4 Å². The van der Waals surface area contributed by atoms with Gasteiger partial charge in [0.05, 0.1) is 11.0 Å². The maximum Gasteiger partial charge on any atom is 0.326 e. The Bertz CT molecular complexity index is 647. The molecule has 2 heterocycles. The number of imidazole rings is 1. The van der Waals surface area contributed by atoms with E-state index in [1.165, 1.54) is 4.90 Å². The summed E-state index contributed by atoms with van der Waals surface area (Å²) in [6.07, 6.45) is 2.08. The van der Waals surface area contributed by atoms with Crippen LogP contribution in [0.3, 0.4) is 0 Å². The zero-order chi connectivity index (χ0) is 14.8. The molecule has 2 N–H and O–H groups in total. The van der Waals surface area contributed by atoms with Crippen LogP contribution in [0, 0.1) is 0 Å². The van der Waals surface area contributed by atoms with Gasteiger partial charge in [0, 0.05) is 19.4 Å². The van der Waals surface area contributed by atoms with Gasteiger partial charge in [-0.2, -0.15) is 0 Å². The predicted molar refractivity (Wildman–Crippen MR) is 76.8 cm³/mol. The highest BCUT2D eigenvalue weighted by molar-refractivity contribution is 5.84. The molecule has 3 rings (SSSR count). The monoisotopic (exact) mass is 287 g/mol.